The van der Waals surface area contributed by atoms with Gasteiger partial charge in [-0.2, -0.15) is 0 Å². The number of benzene rings is 1. The second kappa shape index (κ2) is 11.6. The van der Waals surface area contributed by atoms with Crippen molar-refractivity contribution in [3.05, 3.63) is 35.9 Å². The van der Waals surface area contributed by atoms with E-state index in [-0.39, 0.29) is 37.3 Å². The molecule has 0 aromatic heterocycles. The summed E-state index contributed by atoms with van der Waals surface area (Å²) in [6.45, 7) is 4.64. The van der Waals surface area contributed by atoms with Crippen LogP contribution in [0.5, 0.6) is 0 Å². The lowest BCUT2D eigenvalue weighted by molar-refractivity contribution is -0.133. The fourth-order valence-corrected chi connectivity index (χ4v) is 2.68. The highest BCUT2D eigenvalue weighted by Crippen LogP contribution is 2.09. The number of nitrogens with zero attached hydrogens (tertiary/aromatic N) is 2. The van der Waals surface area contributed by atoms with Gasteiger partial charge in [-0.1, -0.05) is 30.3 Å². The molecule has 1 amide bonds. The van der Waals surface area contributed by atoms with E-state index in [1.807, 2.05) is 11.0 Å². The first-order chi connectivity index (χ1) is 10.2. The molecular weight excluding hydrogens is 337 g/mol. The maximum Gasteiger partial charge on any atom is 0.241 e. The monoisotopic (exact) mass is 363 g/mol. The number of carbonyl (C=O) groups excluding carboxylic acids is 1. The van der Waals surface area contributed by atoms with Crippen LogP contribution in [-0.2, 0) is 16.1 Å². The van der Waals surface area contributed by atoms with Crippen molar-refractivity contribution in [3.8, 4) is 0 Å². The molecule has 0 bridgehead atoms. The van der Waals surface area contributed by atoms with Crippen molar-refractivity contribution in [2.24, 2.45) is 5.73 Å². The SMILES string of the molecule is COCC(N)C(=O)N1CCCN(Cc2ccccc2)CC1.Cl.Cl. The Bertz CT molecular complexity index is 448. The van der Waals surface area contributed by atoms with Gasteiger partial charge in [-0.3, -0.25) is 9.69 Å². The maximum atomic E-state index is 12.2. The molecule has 7 heteroatoms. The van der Waals surface area contributed by atoms with Crippen LogP contribution in [0.15, 0.2) is 30.3 Å². The molecule has 0 aliphatic carbocycles. The number of rotatable bonds is 5. The molecule has 0 spiro atoms. The predicted octanol–water partition coefficient (Wildman–Crippen LogP) is 1.54. The number of hydrogen-bond acceptors (Lipinski definition) is 4. The van der Waals surface area contributed by atoms with Gasteiger partial charge in [-0.25, -0.2) is 0 Å². The molecular formula is C16H27Cl2N3O2. The van der Waals surface area contributed by atoms with Crippen molar-refractivity contribution in [2.45, 2.75) is 19.0 Å². The molecule has 0 radical (unpaired) electrons. The molecule has 1 heterocycles. The zero-order valence-electron chi connectivity index (χ0n) is 13.5. The lowest BCUT2D eigenvalue weighted by Crippen LogP contribution is -2.47. The largest absolute Gasteiger partial charge is 0.383 e. The molecule has 1 aliphatic rings. The van der Waals surface area contributed by atoms with Gasteiger partial charge in [0.15, 0.2) is 0 Å². The Morgan fingerprint density at radius 2 is 1.87 bits per heavy atom. The molecule has 23 heavy (non-hydrogen) atoms. The first kappa shape index (κ1) is 22.1. The molecule has 1 atom stereocenters. The van der Waals surface area contributed by atoms with Gasteiger partial charge in [-0.15, -0.1) is 24.8 Å². The van der Waals surface area contributed by atoms with Gasteiger partial charge in [0.05, 0.1) is 6.61 Å². The van der Waals surface area contributed by atoms with E-state index in [9.17, 15) is 4.79 Å². The van der Waals surface area contributed by atoms with Crippen LogP contribution in [0.4, 0.5) is 0 Å². The highest BCUT2D eigenvalue weighted by molar-refractivity contribution is 5.85. The number of ether oxygens (including phenoxy) is 1. The highest BCUT2D eigenvalue weighted by atomic mass is 35.5. The molecule has 1 aromatic carbocycles. The molecule has 1 saturated heterocycles. The van der Waals surface area contributed by atoms with Crippen LogP contribution < -0.4 is 5.73 Å². The van der Waals surface area contributed by atoms with Crippen molar-refractivity contribution in [2.75, 3.05) is 39.9 Å². The molecule has 0 saturated carbocycles. The van der Waals surface area contributed by atoms with Crippen LogP contribution in [0.3, 0.4) is 0 Å². The van der Waals surface area contributed by atoms with E-state index >= 15 is 0 Å². The minimum Gasteiger partial charge on any atom is -0.383 e. The summed E-state index contributed by atoms with van der Waals surface area (Å²) in [7, 11) is 1.57. The molecule has 1 fully saturated rings. The third-order valence-electron chi connectivity index (χ3n) is 3.81. The van der Waals surface area contributed by atoms with E-state index in [4.69, 9.17) is 10.5 Å². The summed E-state index contributed by atoms with van der Waals surface area (Å²) in [6.07, 6.45) is 0.984. The third kappa shape index (κ3) is 7.06. The molecule has 2 rings (SSSR count). The average molecular weight is 364 g/mol. The first-order valence-corrected chi connectivity index (χ1v) is 7.50. The summed E-state index contributed by atoms with van der Waals surface area (Å²) < 4.78 is 4.96. The van der Waals surface area contributed by atoms with Gasteiger partial charge in [0, 0.05) is 39.8 Å². The Balaban J connectivity index is 0.00000242. The number of nitrogens with two attached hydrogens (primary N) is 1. The normalized spacial score (nSPS) is 16.7. The second-order valence-corrected chi connectivity index (χ2v) is 5.50. The van der Waals surface area contributed by atoms with Gasteiger partial charge < -0.3 is 15.4 Å². The number of carbonyl (C=O) groups is 1. The van der Waals surface area contributed by atoms with Gasteiger partial charge in [0.1, 0.15) is 6.04 Å². The van der Waals surface area contributed by atoms with Gasteiger partial charge in [0.25, 0.3) is 0 Å². The van der Waals surface area contributed by atoms with Gasteiger partial charge >= 0.3 is 0 Å². The van der Waals surface area contributed by atoms with Crippen molar-refractivity contribution in [3.63, 3.8) is 0 Å². The van der Waals surface area contributed by atoms with E-state index < -0.39 is 6.04 Å². The fourth-order valence-electron chi connectivity index (χ4n) is 2.68. The Morgan fingerprint density at radius 1 is 1.17 bits per heavy atom. The summed E-state index contributed by atoms with van der Waals surface area (Å²) in [5.74, 6) is -0.00147. The van der Waals surface area contributed by atoms with Crippen LogP contribution in [0.25, 0.3) is 0 Å². The minimum atomic E-state index is -0.546. The Morgan fingerprint density at radius 3 is 2.52 bits per heavy atom. The van der Waals surface area contributed by atoms with E-state index in [1.54, 1.807) is 7.11 Å². The van der Waals surface area contributed by atoms with Crippen LogP contribution in [0.1, 0.15) is 12.0 Å². The molecule has 132 valence electrons. The van der Waals surface area contributed by atoms with Crippen molar-refractivity contribution in [1.29, 1.82) is 0 Å². The summed E-state index contributed by atoms with van der Waals surface area (Å²) in [6, 6.07) is 9.89. The molecule has 5 nitrogen and oxygen atoms in total. The summed E-state index contributed by atoms with van der Waals surface area (Å²) in [4.78, 5) is 16.5. The van der Waals surface area contributed by atoms with Crippen molar-refractivity contribution in [1.82, 2.24) is 9.80 Å². The fraction of sp³-hybridized carbons (Fsp3) is 0.562. The van der Waals surface area contributed by atoms with Gasteiger partial charge in [-0.05, 0) is 12.0 Å². The zero-order valence-corrected chi connectivity index (χ0v) is 15.2. The molecule has 2 N–H and O–H groups in total. The maximum absolute atomic E-state index is 12.2. The minimum absolute atomic E-state index is 0. The van der Waals surface area contributed by atoms with Crippen LogP contribution >= 0.6 is 24.8 Å². The van der Waals surface area contributed by atoms with E-state index in [0.29, 0.717) is 0 Å². The van der Waals surface area contributed by atoms with Crippen LogP contribution in [-0.4, -0.2) is 61.6 Å². The number of halogens is 2. The summed E-state index contributed by atoms with van der Waals surface area (Å²) >= 11 is 0. The predicted molar refractivity (Wildman–Crippen MR) is 97.3 cm³/mol. The average Bonchev–Trinajstić information content (AvgIpc) is 2.73. The smallest absolute Gasteiger partial charge is 0.241 e. The van der Waals surface area contributed by atoms with E-state index in [2.05, 4.69) is 29.2 Å². The third-order valence-corrected chi connectivity index (χ3v) is 3.81. The quantitative estimate of drug-likeness (QED) is 0.861. The number of methoxy groups -OCH3 is 1. The summed E-state index contributed by atoms with van der Waals surface area (Å²) in [5, 5.41) is 0. The zero-order chi connectivity index (χ0) is 15.1. The van der Waals surface area contributed by atoms with Crippen molar-refractivity contribution >= 4 is 30.7 Å². The standard InChI is InChI=1S/C16H25N3O2.2ClH/c1-21-13-15(17)16(20)19-9-5-8-18(10-11-19)12-14-6-3-2-4-7-14;;/h2-4,6-7,15H,5,8-13,17H2,1H3;2*1H. The number of hydrogen-bond donors (Lipinski definition) is 1. The van der Waals surface area contributed by atoms with Crippen molar-refractivity contribution < 1.29 is 9.53 Å². The Labute approximate surface area is 151 Å². The van der Waals surface area contributed by atoms with E-state index in [1.165, 1.54) is 5.56 Å². The summed E-state index contributed by atoms with van der Waals surface area (Å²) in [5.41, 5.74) is 7.15. The first-order valence-electron chi connectivity index (χ1n) is 7.50. The topological polar surface area (TPSA) is 58.8 Å². The second-order valence-electron chi connectivity index (χ2n) is 5.50. The molecule has 1 unspecified atom stereocenters. The lowest BCUT2D eigenvalue weighted by Gasteiger charge is -2.24. The number of amides is 1. The van der Waals surface area contributed by atoms with Crippen LogP contribution in [0.2, 0.25) is 0 Å². The van der Waals surface area contributed by atoms with Gasteiger partial charge in [0.2, 0.25) is 5.91 Å². The van der Waals surface area contributed by atoms with E-state index in [0.717, 1.165) is 39.1 Å². The Hall–Kier alpha value is -0.850. The lowest BCUT2D eigenvalue weighted by atomic mass is 10.2. The molecule has 1 aromatic rings. The van der Waals surface area contributed by atoms with Crippen LogP contribution in [0, 0.1) is 0 Å². The molecule has 1 aliphatic heterocycles. The Kier molecular flexibility index (Phi) is 11.2. The highest BCUT2D eigenvalue weighted by Gasteiger charge is 2.23.